The molecule has 2 aliphatic heterocycles. The second-order valence-corrected chi connectivity index (χ2v) is 34.1. The van der Waals surface area contributed by atoms with Crippen LogP contribution in [0.4, 0.5) is 34.1 Å². The van der Waals surface area contributed by atoms with Crippen LogP contribution in [-0.2, 0) is 16.2 Å². The van der Waals surface area contributed by atoms with Gasteiger partial charge in [-0.1, -0.05) is 292 Å². The van der Waals surface area contributed by atoms with Gasteiger partial charge in [-0.2, -0.15) is 0 Å². The Kier molecular flexibility index (Phi) is 10.3. The van der Waals surface area contributed by atoms with Gasteiger partial charge in [0.1, 0.15) is 0 Å². The summed E-state index contributed by atoms with van der Waals surface area (Å²) in [5, 5.41) is -1.10. The summed E-state index contributed by atoms with van der Waals surface area (Å²) in [5.74, 6) is 0. The van der Waals surface area contributed by atoms with Crippen molar-refractivity contribution in [3.05, 3.63) is 392 Å². The normalized spacial score (nSPS) is 16.7. The van der Waals surface area contributed by atoms with Gasteiger partial charge in [-0.15, -0.1) is 0 Å². The summed E-state index contributed by atoms with van der Waals surface area (Å²) < 4.78 is 305. The Morgan fingerprint density at radius 1 is 0.223 bits per heavy atom. The maximum atomic E-state index is 9.96. The molecule has 578 valence electrons. The predicted octanol–water partition coefficient (Wildman–Crippen LogP) is 28.7. The van der Waals surface area contributed by atoms with Crippen molar-refractivity contribution >= 4 is 144 Å². The number of rotatable bonds is 10. The molecule has 2 aliphatic rings. The summed E-state index contributed by atoms with van der Waals surface area (Å²) in [7, 11) is 0. The third kappa shape index (κ3) is 11.4. The van der Waals surface area contributed by atoms with Crippen molar-refractivity contribution < 1.29 is 43.9 Å². The maximum Gasteiger partial charge on any atom is 0.252 e. The van der Waals surface area contributed by atoms with E-state index < -0.39 is 216 Å². The molecule has 4 aromatic heterocycles. The highest BCUT2D eigenvalue weighted by atomic mass is 15.2. The van der Waals surface area contributed by atoms with Crippen LogP contribution in [-0.4, -0.2) is 25.0 Å². The van der Waals surface area contributed by atoms with E-state index in [4.69, 9.17) is 11.0 Å². The molecule has 0 radical (unpaired) electrons. The quantitative estimate of drug-likeness (QED) is 0.128. The molecule has 6 heterocycles. The van der Waals surface area contributed by atoms with Gasteiger partial charge in [0.25, 0.3) is 6.71 Å². The summed E-state index contributed by atoms with van der Waals surface area (Å²) in [5.41, 5.74) is 10.2. The Morgan fingerprint density at radius 3 is 0.785 bits per heavy atom. The number of hydrogen-bond donors (Lipinski definition) is 0. The molecule has 0 atom stereocenters. The molecule has 0 saturated heterocycles. The number of anilines is 6. The summed E-state index contributed by atoms with van der Waals surface area (Å²) in [6.07, 6.45) is 0. The van der Waals surface area contributed by atoms with Crippen molar-refractivity contribution in [3.63, 3.8) is 0 Å². The van der Waals surface area contributed by atoms with Gasteiger partial charge < -0.3 is 28.1 Å². The van der Waals surface area contributed by atoms with Crippen molar-refractivity contribution in [1.82, 2.24) is 18.3 Å². The Labute approximate surface area is 751 Å². The van der Waals surface area contributed by atoms with Crippen LogP contribution in [0.3, 0.4) is 0 Å². The van der Waals surface area contributed by atoms with Crippen molar-refractivity contribution in [3.8, 4) is 67.3 Å². The van der Waals surface area contributed by atoms with Gasteiger partial charge in [-0.3, -0.25) is 0 Å². The van der Waals surface area contributed by atoms with E-state index in [1.165, 1.54) is 18.3 Å². The first kappa shape index (κ1) is 46.1. The number of fused-ring (bicyclic) bond motifs is 16. The third-order valence-corrected chi connectivity index (χ3v) is 24.0. The number of aromatic nitrogens is 4. The minimum absolute atomic E-state index is 0.0766. The van der Waals surface area contributed by atoms with Crippen LogP contribution >= 0.6 is 0 Å². The lowest BCUT2D eigenvalue weighted by atomic mass is 9.33. The van der Waals surface area contributed by atoms with Gasteiger partial charge in [0.05, 0.1) is 99.4 Å². The highest BCUT2D eigenvalue weighted by Gasteiger charge is 2.46. The zero-order valence-corrected chi connectivity index (χ0v) is 67.1. The van der Waals surface area contributed by atoms with Crippen LogP contribution < -0.4 is 26.2 Å². The third-order valence-electron chi connectivity index (χ3n) is 24.0. The van der Waals surface area contributed by atoms with Crippen LogP contribution in [0, 0.1) is 0 Å². The fourth-order valence-corrected chi connectivity index (χ4v) is 18.2. The largest absolute Gasteiger partial charge is 0.311 e. The molecule has 0 amide bonds. The number of benzene rings is 17. The van der Waals surface area contributed by atoms with Gasteiger partial charge in [-0.25, -0.2) is 0 Å². The van der Waals surface area contributed by atoms with Gasteiger partial charge in [-0.05, 0) is 228 Å². The minimum atomic E-state index is -0.947. The molecule has 0 N–H and O–H groups in total. The molecule has 0 saturated carbocycles. The Bertz CT molecular complexity index is 9090. The van der Waals surface area contributed by atoms with Crippen LogP contribution in [0.25, 0.3) is 154 Å². The zero-order chi connectivity index (χ0) is 109. The van der Waals surface area contributed by atoms with Crippen molar-refractivity contribution in [2.24, 2.45) is 0 Å². The van der Waals surface area contributed by atoms with E-state index in [0.29, 0.717) is 106 Å². The monoisotopic (exact) mass is 1580 g/mol. The van der Waals surface area contributed by atoms with Crippen molar-refractivity contribution in [2.75, 3.05) is 9.80 Å². The van der Waals surface area contributed by atoms with Gasteiger partial charge in [0.15, 0.2) is 0 Å². The van der Waals surface area contributed by atoms with Crippen LogP contribution in [0.1, 0.15) is 123 Å². The van der Waals surface area contributed by atoms with Crippen molar-refractivity contribution in [2.45, 2.75) is 78.6 Å². The second-order valence-electron chi connectivity index (χ2n) is 34.1. The standard InChI is InChI=1S/C114H89BN6/c1-112(2,3)78-54-60-105(93(66-78)76-34-26-30-72(62-76)74-32-28-36-81(64-74)116-97-46-18-10-38-85(97)86-39-11-19-47-98(86)116)120-107-70-83(118-101-50-22-14-42-89(101)90-43-15-23-51-102(90)118)56-58-95(107)115-96-59-57-84(119-103-52-24-16-44-91(103)92-45-17-25-53-104(92)119)71-108(96)121(110-69-80(114(7,8)9)68-109(120)111(110)115)106-61-55-79(113(4,5)6)67-94(106)77-35-27-31-73(63-77)75-33-29-37-82(65-75)117-99-48-20-12-40-87(99)88-41-13-21-49-100(88)117/h10-71H,1-9H3/i10D,11D,12D,13D,14D,15D,16D,17D,18D,19D,20D,21D,22D,23D,24D,25D,38D,39D,40D,41D,42D,43D,44D,45D,46D,47D,48D,49D,50D,51D,52D,53D. The Balaban J connectivity index is 0.830. The summed E-state index contributed by atoms with van der Waals surface area (Å²) in [6, 6.07) is 39.0. The zero-order valence-electron chi connectivity index (χ0n) is 99.1. The van der Waals surface area contributed by atoms with Crippen LogP contribution in [0.2, 0.25) is 0 Å². The van der Waals surface area contributed by atoms with Crippen LogP contribution in [0.15, 0.2) is 375 Å². The average Bonchev–Trinajstić information content (AvgIpc) is 1.55. The topological polar surface area (TPSA) is 26.2 Å². The molecule has 23 rings (SSSR count). The van der Waals surface area contributed by atoms with E-state index in [0.717, 1.165) is 16.7 Å². The molecule has 6 nitrogen and oxygen atoms in total. The molecule has 21 aromatic rings. The maximum absolute atomic E-state index is 9.96. The summed E-state index contributed by atoms with van der Waals surface area (Å²) in [6.45, 7) is 17.8. The molecule has 121 heavy (non-hydrogen) atoms. The Morgan fingerprint density at radius 2 is 0.488 bits per heavy atom. The molecule has 0 bridgehead atoms. The van der Waals surface area contributed by atoms with Gasteiger partial charge >= 0.3 is 0 Å². The highest BCUT2D eigenvalue weighted by molar-refractivity contribution is 7.00. The molecule has 0 unspecified atom stereocenters. The first-order chi connectivity index (χ1) is 72.2. The van der Waals surface area contributed by atoms with Crippen molar-refractivity contribution in [1.29, 1.82) is 0 Å². The fourth-order valence-electron chi connectivity index (χ4n) is 18.2. The van der Waals surface area contributed by atoms with E-state index in [1.807, 2.05) is 109 Å². The molecule has 7 heteroatoms. The number of para-hydroxylation sites is 8. The number of nitrogens with zero attached hydrogens (tertiary/aromatic N) is 6. The fraction of sp³-hybridized carbons (Fsp3) is 0.105. The lowest BCUT2D eigenvalue weighted by molar-refractivity contribution is 0.590. The van der Waals surface area contributed by atoms with E-state index in [9.17, 15) is 32.9 Å². The van der Waals surface area contributed by atoms with E-state index in [1.54, 1.807) is 48.5 Å². The number of hydrogen-bond acceptors (Lipinski definition) is 2. The van der Waals surface area contributed by atoms with Gasteiger partial charge in [0.2, 0.25) is 0 Å². The second kappa shape index (κ2) is 27.1. The molecule has 17 aromatic carbocycles. The van der Waals surface area contributed by atoms with Gasteiger partial charge in [0, 0.05) is 99.7 Å². The highest BCUT2D eigenvalue weighted by Crippen LogP contribution is 2.53. The summed E-state index contributed by atoms with van der Waals surface area (Å²) >= 11 is 0. The predicted molar refractivity (Wildman–Crippen MR) is 516 cm³/mol. The smallest absolute Gasteiger partial charge is 0.252 e. The Hall–Kier alpha value is -14.4. The summed E-state index contributed by atoms with van der Waals surface area (Å²) in [4.78, 5) is 4.29. The molecule has 0 spiro atoms. The first-order valence-electron chi connectivity index (χ1n) is 56.0. The van der Waals surface area contributed by atoms with E-state index in [-0.39, 0.29) is 98.6 Å². The lowest BCUT2D eigenvalue weighted by Crippen LogP contribution is -2.61. The SMILES string of the molecule is [2H]c1c([2H])c([2H])c2c(c1[2H])c1c([2H])c([2H])c([2H])c([2H])c1n2-c1cccc(-c2cccc(-c3cc(C(C)(C)C)ccc3N3c4cc(-n5c6c([2H])c([2H])c([2H])c([2H])c6c6c([2H])c([2H])c([2H])c([2H])c65)ccc4B4c5ccc(-n6c7c([2H])c([2H])c([2H])c([2H])c7c7c([2H])c([2H])c([2H])c([2H])c76)cc5N(c5ccc(C(C)(C)C)cc5-c5cccc(-c6cccc(-n7c8c([2H])c([2H])c([2H])c([2H])c8c8c([2H])c([2H])c([2H])c([2H])c87)c6)c5)c5cc(C(C)(C)C)cc3c54)c2)c1. The molecule has 0 fully saturated rings. The van der Waals surface area contributed by atoms with E-state index in [2.05, 4.69) is 96.4 Å². The van der Waals surface area contributed by atoms with Crippen LogP contribution in [0.5, 0.6) is 0 Å². The lowest BCUT2D eigenvalue weighted by Gasteiger charge is -2.46. The molecular formula is C114H89BN6. The molecule has 0 aliphatic carbocycles. The first-order valence-corrected chi connectivity index (χ1v) is 40.0. The van der Waals surface area contributed by atoms with E-state index >= 15 is 0 Å². The minimum Gasteiger partial charge on any atom is -0.311 e. The average molecular weight is 1590 g/mol. The molecular weight excluding hydrogens is 1460 g/mol.